The van der Waals surface area contributed by atoms with Gasteiger partial charge in [-0.3, -0.25) is 0 Å². The number of nitrogens with zero attached hydrogens (tertiary/aromatic N) is 1. The monoisotopic (exact) mass is 331 g/mol. The van der Waals surface area contributed by atoms with E-state index in [1.54, 1.807) is 0 Å². The average molecular weight is 331 g/mol. The van der Waals surface area contributed by atoms with E-state index in [1.807, 2.05) is 0 Å². The van der Waals surface area contributed by atoms with E-state index in [9.17, 15) is 4.79 Å². The summed E-state index contributed by atoms with van der Waals surface area (Å²) in [5.41, 5.74) is 1.63. The van der Waals surface area contributed by atoms with Crippen molar-refractivity contribution < 1.29 is 19.2 Å². The zero-order valence-corrected chi connectivity index (χ0v) is 14.9. The minimum atomic E-state index is -0.815. The first-order chi connectivity index (χ1) is 11.2. The molecule has 6 heteroatoms. The molecule has 0 unspecified atom stereocenters. The molecule has 24 heavy (non-hydrogen) atoms. The molecule has 2 heterocycles. The van der Waals surface area contributed by atoms with Crippen LogP contribution in [0.4, 0.5) is 4.79 Å². The summed E-state index contributed by atoms with van der Waals surface area (Å²) in [6, 6.07) is 8.39. The van der Waals surface area contributed by atoms with Crippen LogP contribution in [0, 0.1) is 0 Å². The molecule has 0 aromatic heterocycles. The second kappa shape index (κ2) is 6.08. The molecule has 0 bridgehead atoms. The van der Waals surface area contributed by atoms with Crippen LogP contribution in [0.25, 0.3) is 0 Å². The Morgan fingerprint density at radius 2 is 1.58 bits per heavy atom. The Morgan fingerprint density at radius 3 is 2.04 bits per heavy atom. The number of rotatable bonds is 2. The molecule has 0 atom stereocenters. The molecule has 1 N–H and O–H groups in total. The fraction of sp³-hybridized carbons (Fsp3) is 0.611. The SMILES string of the molecule is CC1(C)OB(c2ccc(C3CCN(C(=O)O)CC3)cc2)OC1(C)C. The number of benzene rings is 1. The first kappa shape index (κ1) is 17.3. The molecule has 1 aromatic carbocycles. The quantitative estimate of drug-likeness (QED) is 0.847. The van der Waals surface area contributed by atoms with Crippen LogP contribution in [0.1, 0.15) is 52.0 Å². The molecule has 5 nitrogen and oxygen atoms in total. The third kappa shape index (κ3) is 3.17. The van der Waals surface area contributed by atoms with Crippen LogP contribution >= 0.6 is 0 Å². The molecule has 0 spiro atoms. The lowest BCUT2D eigenvalue weighted by Crippen LogP contribution is -2.41. The van der Waals surface area contributed by atoms with Gasteiger partial charge < -0.3 is 19.3 Å². The van der Waals surface area contributed by atoms with E-state index in [-0.39, 0.29) is 18.3 Å². The molecule has 2 aliphatic rings. The highest BCUT2D eigenvalue weighted by molar-refractivity contribution is 6.62. The summed E-state index contributed by atoms with van der Waals surface area (Å²) in [5.74, 6) is 0.424. The van der Waals surface area contributed by atoms with Crippen LogP contribution in [0.5, 0.6) is 0 Å². The maximum Gasteiger partial charge on any atom is 0.494 e. The first-order valence-corrected chi connectivity index (χ1v) is 8.63. The van der Waals surface area contributed by atoms with Gasteiger partial charge in [0.15, 0.2) is 0 Å². The van der Waals surface area contributed by atoms with Gasteiger partial charge in [-0.1, -0.05) is 24.3 Å². The van der Waals surface area contributed by atoms with Crippen molar-refractivity contribution in [2.24, 2.45) is 0 Å². The van der Waals surface area contributed by atoms with Crippen LogP contribution in [-0.4, -0.2) is 47.5 Å². The molecule has 0 saturated carbocycles. The zero-order chi connectivity index (χ0) is 17.5. The summed E-state index contributed by atoms with van der Waals surface area (Å²) in [6.07, 6.45) is 0.939. The molecule has 1 amide bonds. The summed E-state index contributed by atoms with van der Waals surface area (Å²) in [7, 11) is -0.335. The molecule has 1 aromatic rings. The fourth-order valence-corrected chi connectivity index (χ4v) is 3.31. The molecule has 3 rings (SSSR count). The Balaban J connectivity index is 1.66. The van der Waals surface area contributed by atoms with Crippen molar-refractivity contribution in [3.63, 3.8) is 0 Å². The maximum atomic E-state index is 11.0. The van der Waals surface area contributed by atoms with Gasteiger partial charge in [0.1, 0.15) is 0 Å². The van der Waals surface area contributed by atoms with Gasteiger partial charge in [0, 0.05) is 13.1 Å². The summed E-state index contributed by atoms with van der Waals surface area (Å²) in [5, 5.41) is 9.04. The van der Waals surface area contributed by atoms with Crippen LogP contribution in [0.2, 0.25) is 0 Å². The minimum Gasteiger partial charge on any atom is -0.465 e. The fourth-order valence-electron chi connectivity index (χ4n) is 3.31. The Labute approximate surface area is 144 Å². The standard InChI is InChI=1S/C18H26BNO4/c1-17(2)18(3,4)24-19(23-17)15-7-5-13(6-8-15)14-9-11-20(12-10-14)16(21)22/h5-8,14H,9-12H2,1-4H3,(H,21,22). The van der Waals surface area contributed by atoms with Crippen molar-refractivity contribution in [3.05, 3.63) is 29.8 Å². The van der Waals surface area contributed by atoms with Crippen molar-refractivity contribution in [3.8, 4) is 0 Å². The Morgan fingerprint density at radius 1 is 1.08 bits per heavy atom. The molecule has 2 saturated heterocycles. The Hall–Kier alpha value is -1.53. The zero-order valence-electron chi connectivity index (χ0n) is 14.9. The van der Waals surface area contributed by atoms with E-state index in [4.69, 9.17) is 14.4 Å². The van der Waals surface area contributed by atoms with Crippen LogP contribution < -0.4 is 5.46 Å². The number of carbonyl (C=O) groups is 1. The van der Waals surface area contributed by atoms with E-state index in [2.05, 4.69) is 52.0 Å². The van der Waals surface area contributed by atoms with Crippen molar-refractivity contribution in [1.29, 1.82) is 0 Å². The lowest BCUT2D eigenvalue weighted by atomic mass is 9.77. The highest BCUT2D eigenvalue weighted by Gasteiger charge is 2.51. The third-order valence-corrected chi connectivity index (χ3v) is 5.70. The van der Waals surface area contributed by atoms with Gasteiger partial charge in [0.25, 0.3) is 0 Å². The predicted molar refractivity (Wildman–Crippen MR) is 93.7 cm³/mol. The molecule has 130 valence electrons. The van der Waals surface area contributed by atoms with E-state index < -0.39 is 6.09 Å². The van der Waals surface area contributed by atoms with Crippen LogP contribution in [0.3, 0.4) is 0 Å². The van der Waals surface area contributed by atoms with Gasteiger partial charge in [-0.05, 0) is 57.5 Å². The molecular formula is C18H26BNO4. The highest BCUT2D eigenvalue weighted by Crippen LogP contribution is 2.36. The van der Waals surface area contributed by atoms with Crippen molar-refractivity contribution in [2.45, 2.75) is 57.7 Å². The van der Waals surface area contributed by atoms with Gasteiger partial charge in [0.05, 0.1) is 11.2 Å². The normalized spacial score (nSPS) is 23.5. The summed E-state index contributed by atoms with van der Waals surface area (Å²) < 4.78 is 12.2. The van der Waals surface area contributed by atoms with E-state index >= 15 is 0 Å². The second-order valence-corrected chi connectivity index (χ2v) is 7.80. The summed E-state index contributed by atoms with van der Waals surface area (Å²) in [4.78, 5) is 12.5. The topological polar surface area (TPSA) is 59.0 Å². The van der Waals surface area contributed by atoms with Crippen LogP contribution in [-0.2, 0) is 9.31 Å². The smallest absolute Gasteiger partial charge is 0.465 e. The molecule has 0 aliphatic carbocycles. The minimum absolute atomic E-state index is 0.333. The highest BCUT2D eigenvalue weighted by atomic mass is 16.7. The summed E-state index contributed by atoms with van der Waals surface area (Å²) >= 11 is 0. The van der Waals surface area contributed by atoms with Gasteiger partial charge >= 0.3 is 13.2 Å². The van der Waals surface area contributed by atoms with Crippen molar-refractivity contribution in [2.75, 3.05) is 13.1 Å². The number of hydrogen-bond acceptors (Lipinski definition) is 3. The largest absolute Gasteiger partial charge is 0.494 e. The number of hydrogen-bond donors (Lipinski definition) is 1. The maximum absolute atomic E-state index is 11.0. The van der Waals surface area contributed by atoms with E-state index in [0.29, 0.717) is 19.0 Å². The van der Waals surface area contributed by atoms with Crippen molar-refractivity contribution >= 4 is 18.7 Å². The van der Waals surface area contributed by atoms with E-state index in [0.717, 1.165) is 18.3 Å². The molecule has 2 aliphatic heterocycles. The molecule has 2 fully saturated rings. The number of carboxylic acid groups (broad SMARTS) is 1. The summed E-state index contributed by atoms with van der Waals surface area (Å²) in [6.45, 7) is 9.43. The van der Waals surface area contributed by atoms with Gasteiger partial charge in [-0.25, -0.2) is 4.79 Å². The Kier molecular flexibility index (Phi) is 4.38. The second-order valence-electron chi connectivity index (χ2n) is 7.80. The lowest BCUT2D eigenvalue weighted by molar-refractivity contribution is 0.00578. The van der Waals surface area contributed by atoms with Crippen LogP contribution in [0.15, 0.2) is 24.3 Å². The lowest BCUT2D eigenvalue weighted by Gasteiger charge is -2.32. The van der Waals surface area contributed by atoms with Gasteiger partial charge in [-0.2, -0.15) is 0 Å². The number of amides is 1. The van der Waals surface area contributed by atoms with E-state index in [1.165, 1.54) is 10.5 Å². The number of likely N-dealkylation sites (tertiary alicyclic amines) is 1. The predicted octanol–water partition coefficient (Wildman–Crippen LogP) is 2.84. The molecular weight excluding hydrogens is 305 g/mol. The third-order valence-electron chi connectivity index (χ3n) is 5.70. The first-order valence-electron chi connectivity index (χ1n) is 8.63. The average Bonchev–Trinajstić information content (AvgIpc) is 2.76. The Bertz CT molecular complexity index is 590. The molecule has 0 radical (unpaired) electrons. The van der Waals surface area contributed by atoms with Crippen molar-refractivity contribution in [1.82, 2.24) is 4.90 Å². The van der Waals surface area contributed by atoms with Gasteiger partial charge in [-0.15, -0.1) is 0 Å². The number of piperidine rings is 1. The van der Waals surface area contributed by atoms with Gasteiger partial charge in [0.2, 0.25) is 0 Å².